The Hall–Kier alpha value is -1.06. The van der Waals surface area contributed by atoms with E-state index in [1.54, 1.807) is 0 Å². The van der Waals surface area contributed by atoms with Gasteiger partial charge in [-0.15, -0.1) is 0 Å². The Kier molecular flexibility index (Phi) is 6.91. The number of ether oxygens (including phenoxy) is 2. The van der Waals surface area contributed by atoms with Crippen LogP contribution in [0.25, 0.3) is 0 Å². The molecule has 130 valence electrons. The van der Waals surface area contributed by atoms with Crippen LogP contribution >= 0.6 is 0 Å². The lowest BCUT2D eigenvalue weighted by atomic mass is 10.0. The molecule has 0 aliphatic carbocycles. The lowest BCUT2D eigenvalue weighted by Crippen LogP contribution is -2.45. The highest BCUT2D eigenvalue weighted by atomic mass is 16.5. The summed E-state index contributed by atoms with van der Waals surface area (Å²) in [6, 6.07) is 6.57. The first-order chi connectivity index (χ1) is 10.9. The largest absolute Gasteiger partial charge is 0.494 e. The van der Waals surface area contributed by atoms with Gasteiger partial charge in [0.05, 0.1) is 18.8 Å². The van der Waals surface area contributed by atoms with Crippen LogP contribution in [0.5, 0.6) is 5.75 Å². The first-order valence-electron chi connectivity index (χ1n) is 9.06. The molecule has 1 heterocycles. The second kappa shape index (κ2) is 8.70. The molecule has 0 N–H and O–H groups in total. The maximum absolute atomic E-state index is 5.97. The Morgan fingerprint density at radius 3 is 2.48 bits per heavy atom. The first-order valence-corrected chi connectivity index (χ1v) is 9.06. The van der Waals surface area contributed by atoms with Crippen LogP contribution in [0, 0.1) is 6.92 Å². The quantitative estimate of drug-likeness (QED) is 0.696. The number of benzene rings is 1. The van der Waals surface area contributed by atoms with Crippen molar-refractivity contribution in [3.05, 3.63) is 29.3 Å². The van der Waals surface area contributed by atoms with Crippen molar-refractivity contribution in [3.8, 4) is 5.75 Å². The Bertz CT molecular complexity index is 477. The maximum Gasteiger partial charge on any atom is 0.119 e. The molecule has 0 amide bonds. The number of hydrogen-bond acceptors (Lipinski definition) is 3. The van der Waals surface area contributed by atoms with Gasteiger partial charge in [0.2, 0.25) is 0 Å². The van der Waals surface area contributed by atoms with Crippen molar-refractivity contribution in [1.29, 1.82) is 0 Å². The van der Waals surface area contributed by atoms with Crippen LogP contribution in [0.1, 0.15) is 57.6 Å². The van der Waals surface area contributed by atoms with Gasteiger partial charge in [0, 0.05) is 13.1 Å². The van der Waals surface area contributed by atoms with Gasteiger partial charge in [-0.3, -0.25) is 4.90 Å². The molecular weight excluding hydrogens is 286 g/mol. The average molecular weight is 319 g/mol. The SMILES string of the molecule is Cc1cc(OCCCCN2C[C@H](C)O[C@@H](C)C2)cc(C(C)C)c1. The summed E-state index contributed by atoms with van der Waals surface area (Å²) in [5.41, 5.74) is 2.64. The van der Waals surface area contributed by atoms with Crippen LogP contribution in [0.3, 0.4) is 0 Å². The van der Waals surface area contributed by atoms with E-state index in [1.807, 2.05) is 0 Å². The second-order valence-corrected chi connectivity index (χ2v) is 7.31. The van der Waals surface area contributed by atoms with E-state index in [2.05, 4.69) is 57.7 Å². The number of unbranched alkanes of at least 4 members (excludes halogenated alkanes) is 1. The van der Waals surface area contributed by atoms with Crippen LogP contribution in [-0.4, -0.2) is 43.3 Å². The topological polar surface area (TPSA) is 21.7 Å². The normalized spacial score (nSPS) is 22.5. The first kappa shape index (κ1) is 18.3. The molecule has 3 nitrogen and oxygen atoms in total. The molecule has 0 spiro atoms. The van der Waals surface area contributed by atoms with E-state index in [-0.39, 0.29) is 0 Å². The minimum absolute atomic E-state index is 0.358. The maximum atomic E-state index is 5.97. The van der Waals surface area contributed by atoms with E-state index in [0.717, 1.165) is 38.4 Å². The molecule has 0 unspecified atom stereocenters. The highest BCUT2D eigenvalue weighted by molar-refractivity contribution is 5.35. The Balaban J connectivity index is 1.69. The van der Waals surface area contributed by atoms with E-state index in [4.69, 9.17) is 9.47 Å². The average Bonchev–Trinajstić information content (AvgIpc) is 2.45. The smallest absolute Gasteiger partial charge is 0.119 e. The molecule has 0 radical (unpaired) electrons. The number of hydrogen-bond donors (Lipinski definition) is 0. The second-order valence-electron chi connectivity index (χ2n) is 7.31. The lowest BCUT2D eigenvalue weighted by Gasteiger charge is -2.35. The van der Waals surface area contributed by atoms with Gasteiger partial charge in [-0.25, -0.2) is 0 Å². The van der Waals surface area contributed by atoms with Gasteiger partial charge in [-0.1, -0.05) is 19.9 Å². The zero-order valence-corrected chi connectivity index (χ0v) is 15.5. The van der Waals surface area contributed by atoms with Crippen LogP contribution in [-0.2, 0) is 4.74 Å². The monoisotopic (exact) mass is 319 g/mol. The summed E-state index contributed by atoms with van der Waals surface area (Å²) >= 11 is 0. The molecule has 1 fully saturated rings. The van der Waals surface area contributed by atoms with E-state index >= 15 is 0 Å². The van der Waals surface area contributed by atoms with Gasteiger partial charge >= 0.3 is 0 Å². The molecule has 1 aliphatic rings. The fourth-order valence-electron chi connectivity index (χ4n) is 3.29. The summed E-state index contributed by atoms with van der Waals surface area (Å²) in [6.45, 7) is 15.0. The van der Waals surface area contributed by atoms with Crippen molar-refractivity contribution in [1.82, 2.24) is 4.90 Å². The van der Waals surface area contributed by atoms with Gasteiger partial charge in [-0.2, -0.15) is 0 Å². The molecule has 0 bridgehead atoms. The van der Waals surface area contributed by atoms with Crippen LogP contribution < -0.4 is 4.74 Å². The predicted molar refractivity (Wildman–Crippen MR) is 96.4 cm³/mol. The van der Waals surface area contributed by atoms with Crippen LogP contribution in [0.15, 0.2) is 18.2 Å². The number of aryl methyl sites for hydroxylation is 1. The van der Waals surface area contributed by atoms with Crippen molar-refractivity contribution in [2.75, 3.05) is 26.2 Å². The van der Waals surface area contributed by atoms with Crippen molar-refractivity contribution in [3.63, 3.8) is 0 Å². The summed E-state index contributed by atoms with van der Waals surface area (Å²) in [4.78, 5) is 2.52. The molecule has 1 aliphatic heterocycles. The van der Waals surface area contributed by atoms with E-state index in [9.17, 15) is 0 Å². The van der Waals surface area contributed by atoms with Crippen LogP contribution in [0.4, 0.5) is 0 Å². The van der Waals surface area contributed by atoms with Crippen molar-refractivity contribution in [2.24, 2.45) is 0 Å². The third-order valence-electron chi connectivity index (χ3n) is 4.37. The fraction of sp³-hybridized carbons (Fsp3) is 0.700. The van der Waals surface area contributed by atoms with Crippen LogP contribution in [0.2, 0.25) is 0 Å². The van der Waals surface area contributed by atoms with Gasteiger partial charge in [0.1, 0.15) is 5.75 Å². The van der Waals surface area contributed by atoms with Gasteiger partial charge in [-0.05, 0) is 69.3 Å². The van der Waals surface area contributed by atoms with E-state index in [0.29, 0.717) is 18.1 Å². The third kappa shape index (κ3) is 6.15. The van der Waals surface area contributed by atoms with E-state index < -0.39 is 0 Å². The fourth-order valence-corrected chi connectivity index (χ4v) is 3.29. The van der Waals surface area contributed by atoms with E-state index in [1.165, 1.54) is 17.5 Å². The van der Waals surface area contributed by atoms with Gasteiger partial charge < -0.3 is 9.47 Å². The summed E-state index contributed by atoms with van der Waals surface area (Å²) in [6.07, 6.45) is 3.00. The predicted octanol–water partition coefficient (Wildman–Crippen LogP) is 4.39. The molecule has 3 heteroatoms. The summed E-state index contributed by atoms with van der Waals surface area (Å²) < 4.78 is 11.7. The number of morpholine rings is 1. The standard InChI is InChI=1S/C20H33NO2/c1-15(2)19-10-16(3)11-20(12-19)22-9-7-6-8-21-13-17(4)23-18(5)14-21/h10-12,15,17-18H,6-9,13-14H2,1-5H3/t17-,18-/m0/s1. The molecule has 1 saturated heterocycles. The number of nitrogens with zero attached hydrogens (tertiary/aromatic N) is 1. The molecule has 23 heavy (non-hydrogen) atoms. The Labute approximate surface area is 142 Å². The molecule has 0 aromatic heterocycles. The minimum atomic E-state index is 0.358. The van der Waals surface area contributed by atoms with Crippen molar-refractivity contribution in [2.45, 2.75) is 65.6 Å². The third-order valence-corrected chi connectivity index (χ3v) is 4.37. The van der Waals surface area contributed by atoms with Crippen molar-refractivity contribution >= 4 is 0 Å². The molecular formula is C20H33NO2. The lowest BCUT2D eigenvalue weighted by molar-refractivity contribution is -0.0682. The summed E-state index contributed by atoms with van der Waals surface area (Å²) in [5.74, 6) is 1.56. The Morgan fingerprint density at radius 1 is 1.13 bits per heavy atom. The van der Waals surface area contributed by atoms with Gasteiger partial charge in [0.25, 0.3) is 0 Å². The highest BCUT2D eigenvalue weighted by Crippen LogP contribution is 2.23. The summed E-state index contributed by atoms with van der Waals surface area (Å²) in [7, 11) is 0. The minimum Gasteiger partial charge on any atom is -0.494 e. The molecule has 1 aromatic carbocycles. The molecule has 1 aromatic rings. The summed E-state index contributed by atoms with van der Waals surface area (Å²) in [5, 5.41) is 0. The van der Waals surface area contributed by atoms with Gasteiger partial charge in [0.15, 0.2) is 0 Å². The highest BCUT2D eigenvalue weighted by Gasteiger charge is 2.21. The number of rotatable bonds is 7. The zero-order chi connectivity index (χ0) is 16.8. The molecule has 0 saturated carbocycles. The molecule has 2 atom stereocenters. The van der Waals surface area contributed by atoms with Crippen molar-refractivity contribution < 1.29 is 9.47 Å². The zero-order valence-electron chi connectivity index (χ0n) is 15.5. The molecule has 2 rings (SSSR count). The Morgan fingerprint density at radius 2 is 1.83 bits per heavy atom.